The molecule has 150 valence electrons. The highest BCUT2D eigenvalue weighted by Crippen LogP contribution is 2.24. The number of nitrogens with one attached hydrogen (secondary N) is 2. The average molecular weight is 383 g/mol. The summed E-state index contributed by atoms with van der Waals surface area (Å²) in [5, 5.41) is 10.3. The van der Waals surface area contributed by atoms with Crippen LogP contribution in [0.25, 0.3) is 5.69 Å². The van der Waals surface area contributed by atoms with E-state index < -0.39 is 6.04 Å². The Morgan fingerprint density at radius 2 is 1.86 bits per heavy atom. The molecule has 2 amide bonds. The number of hydrogen-bond acceptors (Lipinski definition) is 3. The minimum atomic E-state index is -0.515. The lowest BCUT2D eigenvalue weighted by Gasteiger charge is -2.26. The van der Waals surface area contributed by atoms with Crippen molar-refractivity contribution in [2.24, 2.45) is 11.8 Å². The fourth-order valence-electron chi connectivity index (χ4n) is 3.64. The summed E-state index contributed by atoms with van der Waals surface area (Å²) in [4.78, 5) is 25.2. The molecule has 3 rings (SSSR count). The van der Waals surface area contributed by atoms with Gasteiger partial charge in [-0.05, 0) is 30.9 Å². The van der Waals surface area contributed by atoms with Gasteiger partial charge in [0.1, 0.15) is 6.04 Å². The molecule has 28 heavy (non-hydrogen) atoms. The summed E-state index contributed by atoms with van der Waals surface area (Å²) in [5.74, 6) is -0.0523. The summed E-state index contributed by atoms with van der Waals surface area (Å²) in [6.07, 6.45) is 8.91. The number of carbonyl (C=O) groups is 2. The normalized spacial score (nSPS) is 16.0. The van der Waals surface area contributed by atoms with Crippen LogP contribution in [0.4, 0.5) is 0 Å². The van der Waals surface area contributed by atoms with E-state index >= 15 is 0 Å². The first-order valence-electron chi connectivity index (χ1n) is 10.2. The van der Waals surface area contributed by atoms with E-state index in [0.717, 1.165) is 36.9 Å². The first-order valence-corrected chi connectivity index (χ1v) is 10.2. The summed E-state index contributed by atoms with van der Waals surface area (Å²) in [6, 6.07) is 9.32. The Bertz CT molecular complexity index is 779. The Morgan fingerprint density at radius 3 is 2.54 bits per heavy atom. The molecule has 0 radical (unpaired) electrons. The van der Waals surface area contributed by atoms with Crippen LogP contribution in [0.3, 0.4) is 0 Å². The highest BCUT2D eigenvalue weighted by Gasteiger charge is 2.28. The number of carbonyl (C=O) groups excluding carboxylic acids is 2. The number of hydrogen-bond donors (Lipinski definition) is 2. The van der Waals surface area contributed by atoms with Crippen molar-refractivity contribution in [3.05, 3.63) is 48.3 Å². The predicted octanol–water partition coefficient (Wildman–Crippen LogP) is 3.21. The first kappa shape index (κ1) is 20.1. The van der Waals surface area contributed by atoms with Gasteiger partial charge in [-0.15, -0.1) is 0 Å². The monoisotopic (exact) mass is 382 g/mol. The smallest absolute Gasteiger partial charge is 0.243 e. The maximum atomic E-state index is 12.7. The first-order chi connectivity index (χ1) is 13.5. The van der Waals surface area contributed by atoms with E-state index in [1.807, 2.05) is 50.4 Å². The van der Waals surface area contributed by atoms with Crippen LogP contribution in [0.5, 0.6) is 0 Å². The van der Waals surface area contributed by atoms with Gasteiger partial charge in [0.25, 0.3) is 0 Å². The van der Waals surface area contributed by atoms with Gasteiger partial charge in [0, 0.05) is 24.2 Å². The standard InChI is InChI=1S/C22H30N4O2/c1-16(2)20(25-21(27)18-9-5-3-6-10-18)22(28)23-13-17-14-24-26(15-17)19-11-7-4-8-12-19/h4,7-8,11-12,14-16,18,20H,3,5-6,9-10,13H2,1-2H3,(H,23,28)(H,25,27)/t20-/m1/s1. The van der Waals surface area contributed by atoms with Crippen molar-refractivity contribution in [2.75, 3.05) is 0 Å². The Balaban J connectivity index is 1.55. The molecule has 1 atom stereocenters. The largest absolute Gasteiger partial charge is 0.350 e. The molecule has 1 fully saturated rings. The number of rotatable bonds is 7. The van der Waals surface area contributed by atoms with Gasteiger partial charge in [-0.2, -0.15) is 5.10 Å². The summed E-state index contributed by atoms with van der Waals surface area (Å²) in [6.45, 7) is 4.30. The molecule has 2 N–H and O–H groups in total. The molecule has 2 aromatic rings. The topological polar surface area (TPSA) is 76.0 Å². The minimum Gasteiger partial charge on any atom is -0.350 e. The van der Waals surface area contributed by atoms with E-state index in [4.69, 9.17) is 0 Å². The lowest BCUT2D eigenvalue weighted by atomic mass is 9.88. The number of aromatic nitrogens is 2. The quantitative estimate of drug-likeness (QED) is 0.772. The van der Waals surface area contributed by atoms with E-state index in [1.165, 1.54) is 6.42 Å². The Labute approximate surface area is 166 Å². The van der Waals surface area contributed by atoms with Gasteiger partial charge in [0.15, 0.2) is 0 Å². The summed E-state index contributed by atoms with van der Waals surface area (Å²) < 4.78 is 1.78. The van der Waals surface area contributed by atoms with Crippen LogP contribution in [0, 0.1) is 11.8 Å². The number of benzene rings is 1. The maximum absolute atomic E-state index is 12.7. The third kappa shape index (κ3) is 5.21. The fraction of sp³-hybridized carbons (Fsp3) is 0.500. The average Bonchev–Trinajstić information content (AvgIpc) is 3.20. The maximum Gasteiger partial charge on any atom is 0.243 e. The predicted molar refractivity (Wildman–Crippen MR) is 109 cm³/mol. The zero-order valence-electron chi connectivity index (χ0n) is 16.7. The summed E-state index contributed by atoms with van der Waals surface area (Å²) in [5.41, 5.74) is 1.89. The molecule has 1 aromatic heterocycles. The van der Waals surface area contributed by atoms with Crippen molar-refractivity contribution in [1.82, 2.24) is 20.4 Å². The molecule has 1 heterocycles. The molecule has 1 aromatic carbocycles. The van der Waals surface area contributed by atoms with Crippen molar-refractivity contribution in [2.45, 2.75) is 58.5 Å². The van der Waals surface area contributed by atoms with Crippen LogP contribution >= 0.6 is 0 Å². The molecule has 1 saturated carbocycles. The zero-order chi connectivity index (χ0) is 19.9. The second-order valence-electron chi connectivity index (χ2n) is 7.91. The summed E-state index contributed by atoms with van der Waals surface area (Å²) in [7, 11) is 0. The van der Waals surface area contributed by atoms with Gasteiger partial charge < -0.3 is 10.6 Å². The Kier molecular flexibility index (Phi) is 6.85. The molecule has 1 aliphatic carbocycles. The SMILES string of the molecule is CC(C)[C@@H](NC(=O)C1CCCCC1)C(=O)NCc1cnn(-c2ccccc2)c1. The third-order valence-corrected chi connectivity index (χ3v) is 5.35. The third-order valence-electron chi connectivity index (χ3n) is 5.35. The lowest BCUT2D eigenvalue weighted by Crippen LogP contribution is -2.51. The van der Waals surface area contributed by atoms with Crippen molar-refractivity contribution in [3.63, 3.8) is 0 Å². The van der Waals surface area contributed by atoms with Crippen LogP contribution in [-0.2, 0) is 16.1 Å². The minimum absolute atomic E-state index is 0.0189. The Morgan fingerprint density at radius 1 is 1.14 bits per heavy atom. The fourth-order valence-corrected chi connectivity index (χ4v) is 3.64. The number of amides is 2. The van der Waals surface area contributed by atoms with Crippen molar-refractivity contribution >= 4 is 11.8 Å². The molecule has 0 spiro atoms. The van der Waals surface area contributed by atoms with Gasteiger partial charge in [-0.3, -0.25) is 9.59 Å². The van der Waals surface area contributed by atoms with E-state index in [9.17, 15) is 9.59 Å². The molecule has 0 unspecified atom stereocenters. The van der Waals surface area contributed by atoms with Gasteiger partial charge in [0.2, 0.25) is 11.8 Å². The molecule has 1 aliphatic rings. The van der Waals surface area contributed by atoms with Gasteiger partial charge >= 0.3 is 0 Å². The molecule has 0 aliphatic heterocycles. The van der Waals surface area contributed by atoms with Gasteiger partial charge in [0.05, 0.1) is 11.9 Å². The highest BCUT2D eigenvalue weighted by molar-refractivity contribution is 5.88. The zero-order valence-corrected chi connectivity index (χ0v) is 16.7. The summed E-state index contributed by atoms with van der Waals surface area (Å²) >= 11 is 0. The van der Waals surface area contributed by atoms with Crippen molar-refractivity contribution in [1.29, 1.82) is 0 Å². The lowest BCUT2D eigenvalue weighted by molar-refractivity contribution is -0.132. The highest BCUT2D eigenvalue weighted by atomic mass is 16.2. The van der Waals surface area contributed by atoms with Crippen LogP contribution < -0.4 is 10.6 Å². The van der Waals surface area contributed by atoms with E-state index in [2.05, 4.69) is 15.7 Å². The van der Waals surface area contributed by atoms with Crippen LogP contribution in [0.15, 0.2) is 42.7 Å². The molecule has 0 saturated heterocycles. The van der Waals surface area contributed by atoms with E-state index in [-0.39, 0.29) is 23.7 Å². The van der Waals surface area contributed by atoms with E-state index in [1.54, 1.807) is 10.9 Å². The van der Waals surface area contributed by atoms with Crippen LogP contribution in [0.1, 0.15) is 51.5 Å². The van der Waals surface area contributed by atoms with Crippen molar-refractivity contribution < 1.29 is 9.59 Å². The molecule has 0 bridgehead atoms. The number of nitrogens with zero attached hydrogens (tertiary/aromatic N) is 2. The van der Waals surface area contributed by atoms with Gasteiger partial charge in [-0.25, -0.2) is 4.68 Å². The molecular weight excluding hydrogens is 352 g/mol. The van der Waals surface area contributed by atoms with Crippen molar-refractivity contribution in [3.8, 4) is 5.69 Å². The van der Waals surface area contributed by atoms with Gasteiger partial charge in [-0.1, -0.05) is 51.3 Å². The molecule has 6 nitrogen and oxygen atoms in total. The Hall–Kier alpha value is -2.63. The molecule has 6 heteroatoms. The van der Waals surface area contributed by atoms with Crippen LogP contribution in [0.2, 0.25) is 0 Å². The van der Waals surface area contributed by atoms with E-state index in [0.29, 0.717) is 6.54 Å². The molecular formula is C22H30N4O2. The number of para-hydroxylation sites is 1. The van der Waals surface area contributed by atoms with Crippen LogP contribution in [-0.4, -0.2) is 27.6 Å². The second-order valence-corrected chi connectivity index (χ2v) is 7.91. The second kappa shape index (κ2) is 9.53.